The zero-order chi connectivity index (χ0) is 41.9. The largest absolute Gasteiger partial charge is 0.306 e. The quantitative estimate of drug-likeness (QED) is 0.174. The molecule has 0 saturated heterocycles. The van der Waals surface area contributed by atoms with Crippen molar-refractivity contribution in [3.63, 3.8) is 0 Å². The number of benzene rings is 7. The number of nitrogens with zero attached hydrogens (tertiary/aromatic N) is 6. The minimum absolute atomic E-state index is 0.887. The Morgan fingerprint density at radius 1 is 0.344 bits per heavy atom. The first kappa shape index (κ1) is 35.2. The number of rotatable bonds is 5. The van der Waals surface area contributed by atoms with Gasteiger partial charge in [-0.2, -0.15) is 0 Å². The first-order valence-electron chi connectivity index (χ1n) is 21.5. The fourth-order valence-corrected chi connectivity index (χ4v) is 11.4. The molecule has 298 valence electrons. The zero-order valence-electron chi connectivity index (χ0n) is 34.2. The SMILES string of the molecule is c1cc(-c2cccc(-n3c4ccc(-n5c6ccccc6c6cccnc65)cc4c4cc(-n5c6ccccc6c6ncccc65)cnc43)c2)cc(-c2cccc3c2sc2ccccc23)c1. The summed E-state index contributed by atoms with van der Waals surface area (Å²) < 4.78 is 9.53. The van der Waals surface area contributed by atoms with Gasteiger partial charge in [0.25, 0.3) is 0 Å². The molecule has 14 aromatic rings. The van der Waals surface area contributed by atoms with Crippen molar-refractivity contribution in [1.82, 2.24) is 28.7 Å². The van der Waals surface area contributed by atoms with Crippen LogP contribution in [0.1, 0.15) is 0 Å². The van der Waals surface area contributed by atoms with Crippen LogP contribution in [0.25, 0.3) is 125 Å². The van der Waals surface area contributed by atoms with Crippen LogP contribution in [-0.2, 0) is 0 Å². The third-order valence-electron chi connectivity index (χ3n) is 13.0. The predicted molar refractivity (Wildman–Crippen MR) is 267 cm³/mol. The maximum Gasteiger partial charge on any atom is 0.145 e. The first-order valence-corrected chi connectivity index (χ1v) is 22.3. The molecule has 7 aromatic heterocycles. The Hall–Kier alpha value is -8.39. The van der Waals surface area contributed by atoms with Crippen molar-refractivity contribution in [3.05, 3.63) is 207 Å². The van der Waals surface area contributed by atoms with Crippen LogP contribution in [0.2, 0.25) is 0 Å². The van der Waals surface area contributed by atoms with Crippen molar-refractivity contribution in [3.8, 4) is 39.3 Å². The summed E-state index contributed by atoms with van der Waals surface area (Å²) in [6.45, 7) is 0. The molecule has 0 atom stereocenters. The van der Waals surface area contributed by atoms with Crippen LogP contribution in [0.4, 0.5) is 0 Å². The summed E-state index contributed by atoms with van der Waals surface area (Å²) in [6.07, 6.45) is 5.76. The summed E-state index contributed by atoms with van der Waals surface area (Å²) in [5.74, 6) is 0. The lowest BCUT2D eigenvalue weighted by Crippen LogP contribution is -1.98. The number of para-hydroxylation sites is 2. The molecule has 0 aliphatic rings. The zero-order valence-corrected chi connectivity index (χ0v) is 35.0. The molecule has 0 aliphatic heterocycles. The first-order chi connectivity index (χ1) is 31.7. The number of pyridine rings is 3. The van der Waals surface area contributed by atoms with Gasteiger partial charge in [0.05, 0.1) is 39.5 Å². The Bertz CT molecular complexity index is 3950. The molecule has 0 radical (unpaired) electrons. The van der Waals surface area contributed by atoms with E-state index < -0.39 is 0 Å². The van der Waals surface area contributed by atoms with E-state index in [-0.39, 0.29) is 0 Å². The Morgan fingerprint density at radius 3 is 1.88 bits per heavy atom. The second-order valence-corrected chi connectivity index (χ2v) is 17.5. The molecule has 7 heteroatoms. The second-order valence-electron chi connectivity index (χ2n) is 16.5. The van der Waals surface area contributed by atoms with Gasteiger partial charge in [0.1, 0.15) is 11.3 Å². The molecule has 6 nitrogen and oxygen atoms in total. The number of hydrogen-bond acceptors (Lipinski definition) is 4. The molecular weight excluding hydrogens is 801 g/mol. The molecule has 0 spiro atoms. The summed E-state index contributed by atoms with van der Waals surface area (Å²) in [4.78, 5) is 15.1. The lowest BCUT2D eigenvalue weighted by molar-refractivity contribution is 1.11. The highest BCUT2D eigenvalue weighted by atomic mass is 32.1. The van der Waals surface area contributed by atoms with Gasteiger partial charge >= 0.3 is 0 Å². The van der Waals surface area contributed by atoms with Crippen LogP contribution in [0.3, 0.4) is 0 Å². The van der Waals surface area contributed by atoms with E-state index in [9.17, 15) is 0 Å². The van der Waals surface area contributed by atoms with E-state index >= 15 is 0 Å². The van der Waals surface area contributed by atoms with E-state index in [0.717, 1.165) is 88.6 Å². The molecule has 0 fully saturated rings. The second kappa shape index (κ2) is 13.6. The van der Waals surface area contributed by atoms with Crippen LogP contribution < -0.4 is 0 Å². The van der Waals surface area contributed by atoms with Crippen LogP contribution in [0.15, 0.2) is 207 Å². The van der Waals surface area contributed by atoms with Crippen LogP contribution in [0.5, 0.6) is 0 Å². The van der Waals surface area contributed by atoms with Gasteiger partial charge in [-0.05, 0) is 107 Å². The molecule has 0 amide bonds. The van der Waals surface area contributed by atoms with Crippen molar-refractivity contribution in [2.24, 2.45) is 0 Å². The number of thiophene rings is 1. The molecule has 0 bridgehead atoms. The maximum absolute atomic E-state index is 5.36. The summed E-state index contributed by atoms with van der Waals surface area (Å²) >= 11 is 1.87. The van der Waals surface area contributed by atoms with Crippen molar-refractivity contribution in [1.29, 1.82) is 0 Å². The Kier molecular flexibility index (Phi) is 7.46. The van der Waals surface area contributed by atoms with E-state index in [0.29, 0.717) is 0 Å². The lowest BCUT2D eigenvalue weighted by atomic mass is 9.97. The third-order valence-corrected chi connectivity index (χ3v) is 14.2. The highest BCUT2D eigenvalue weighted by molar-refractivity contribution is 7.26. The van der Waals surface area contributed by atoms with Gasteiger partial charge < -0.3 is 4.57 Å². The molecule has 0 saturated carbocycles. The fourth-order valence-electron chi connectivity index (χ4n) is 10.2. The molecule has 7 heterocycles. The molecule has 0 N–H and O–H groups in total. The van der Waals surface area contributed by atoms with Crippen molar-refractivity contribution >= 4 is 97.3 Å². The summed E-state index contributed by atoms with van der Waals surface area (Å²) in [7, 11) is 0. The molecular formula is C57H34N6S. The summed E-state index contributed by atoms with van der Waals surface area (Å²) in [5, 5.41) is 8.20. The Balaban J connectivity index is 0.980. The third kappa shape index (κ3) is 5.10. The maximum atomic E-state index is 5.36. The highest BCUT2D eigenvalue weighted by Crippen LogP contribution is 2.42. The molecule has 14 rings (SSSR count). The molecule has 64 heavy (non-hydrogen) atoms. The van der Waals surface area contributed by atoms with E-state index in [4.69, 9.17) is 15.0 Å². The van der Waals surface area contributed by atoms with Gasteiger partial charge in [-0.1, -0.05) is 103 Å². The van der Waals surface area contributed by atoms with E-state index in [2.05, 4.69) is 190 Å². The number of aromatic nitrogens is 6. The van der Waals surface area contributed by atoms with E-state index in [1.807, 2.05) is 42.1 Å². The van der Waals surface area contributed by atoms with Crippen LogP contribution in [-0.4, -0.2) is 28.7 Å². The topological polar surface area (TPSA) is 53.5 Å². The smallest absolute Gasteiger partial charge is 0.145 e. The average molecular weight is 835 g/mol. The summed E-state index contributed by atoms with van der Waals surface area (Å²) in [6, 6.07) is 67.7. The minimum atomic E-state index is 0.887. The van der Waals surface area contributed by atoms with Crippen molar-refractivity contribution < 1.29 is 0 Å². The molecule has 7 aromatic carbocycles. The molecule has 0 unspecified atom stereocenters. The normalized spacial score (nSPS) is 12.1. The minimum Gasteiger partial charge on any atom is -0.306 e. The summed E-state index contributed by atoms with van der Waals surface area (Å²) in [5.41, 5.74) is 15.0. The number of hydrogen-bond donors (Lipinski definition) is 0. The van der Waals surface area contributed by atoms with E-state index in [1.54, 1.807) is 0 Å². The number of fused-ring (bicyclic) bond motifs is 12. The fraction of sp³-hybridized carbons (Fsp3) is 0. The van der Waals surface area contributed by atoms with Gasteiger partial charge in [0.15, 0.2) is 0 Å². The Labute approximate surface area is 370 Å². The van der Waals surface area contributed by atoms with Gasteiger partial charge in [-0.15, -0.1) is 11.3 Å². The van der Waals surface area contributed by atoms with Crippen LogP contribution >= 0.6 is 11.3 Å². The van der Waals surface area contributed by atoms with Gasteiger partial charge in [0.2, 0.25) is 0 Å². The van der Waals surface area contributed by atoms with E-state index in [1.165, 1.54) is 36.7 Å². The monoisotopic (exact) mass is 834 g/mol. The lowest BCUT2D eigenvalue weighted by Gasteiger charge is -2.12. The average Bonchev–Trinajstić information content (AvgIpc) is 4.10. The van der Waals surface area contributed by atoms with Gasteiger partial charge in [-0.3, -0.25) is 14.1 Å². The van der Waals surface area contributed by atoms with Crippen molar-refractivity contribution in [2.45, 2.75) is 0 Å². The van der Waals surface area contributed by atoms with Gasteiger partial charge in [0, 0.05) is 70.9 Å². The molecule has 0 aliphatic carbocycles. The Morgan fingerprint density at radius 2 is 0.969 bits per heavy atom. The van der Waals surface area contributed by atoms with Crippen LogP contribution in [0, 0.1) is 0 Å². The highest BCUT2D eigenvalue weighted by Gasteiger charge is 2.21. The van der Waals surface area contributed by atoms with Gasteiger partial charge in [-0.25, -0.2) is 9.97 Å². The van der Waals surface area contributed by atoms with Crippen molar-refractivity contribution in [2.75, 3.05) is 0 Å². The predicted octanol–water partition coefficient (Wildman–Crippen LogP) is 14.9. The standard InChI is InChI=1S/C57H34N6S/c1-4-22-49-42(16-1)45-21-10-29-59-56(45)63(49)39-26-27-51-47(32-39)48-33-40(61-50-23-5-2-18-46(50)54-52(61)24-11-28-58-54)34-60-57(48)62(51)38-15-8-13-36(31-38)35-12-7-14-37(30-35)41-19-9-20-44-43-17-3-6-25-53(43)64-55(41)44/h1-34H.